The van der Waals surface area contributed by atoms with Crippen molar-refractivity contribution in [3.8, 4) is 0 Å². The standard InChI is InChI=1S/C22H23FN2O5/c1-13(2)21(18(26)9-15-10-19(27)29-22(15,28)12-23)11-17(25-30-21)20-16-6-4-3-5-14(16)7-8-24-20/h3-8,13,15,28H,9-12H2,1-2H3/t15-,21-,22-/m1/s1. The lowest BCUT2D eigenvalue weighted by Gasteiger charge is -2.31. The maximum absolute atomic E-state index is 13.3. The number of cyclic esters (lactones) is 1. The largest absolute Gasteiger partial charge is 0.430 e. The number of halogens is 1. The molecule has 0 spiro atoms. The summed E-state index contributed by atoms with van der Waals surface area (Å²) in [6.07, 6.45) is 1.40. The number of aromatic nitrogens is 1. The molecule has 4 rings (SSSR count). The third-order valence-corrected chi connectivity index (χ3v) is 6.07. The zero-order valence-electron chi connectivity index (χ0n) is 16.8. The summed E-state index contributed by atoms with van der Waals surface area (Å²) in [5, 5.41) is 16.3. The number of carbonyl (C=O) groups excluding carboxylic acids is 2. The Hall–Kier alpha value is -2.87. The van der Waals surface area contributed by atoms with E-state index >= 15 is 0 Å². The van der Waals surface area contributed by atoms with Gasteiger partial charge in [0.25, 0.3) is 0 Å². The number of hydrogen-bond acceptors (Lipinski definition) is 7. The van der Waals surface area contributed by atoms with Gasteiger partial charge in [0.15, 0.2) is 12.5 Å². The summed E-state index contributed by atoms with van der Waals surface area (Å²) in [6.45, 7) is 2.41. The molecule has 3 heterocycles. The minimum atomic E-state index is -2.27. The number of carbonyl (C=O) groups is 2. The minimum absolute atomic E-state index is 0.195. The first-order chi connectivity index (χ1) is 14.3. The molecule has 3 atom stereocenters. The van der Waals surface area contributed by atoms with Gasteiger partial charge in [-0.1, -0.05) is 43.3 Å². The summed E-state index contributed by atoms with van der Waals surface area (Å²) in [7, 11) is 0. The van der Waals surface area contributed by atoms with Crippen molar-refractivity contribution < 1.29 is 28.7 Å². The predicted molar refractivity (Wildman–Crippen MR) is 106 cm³/mol. The molecule has 1 saturated heterocycles. The second kappa shape index (κ2) is 7.43. The van der Waals surface area contributed by atoms with Crippen molar-refractivity contribution in [2.75, 3.05) is 6.67 Å². The first-order valence-corrected chi connectivity index (χ1v) is 9.92. The zero-order valence-corrected chi connectivity index (χ0v) is 16.8. The average molecular weight is 414 g/mol. The first kappa shape index (κ1) is 20.4. The number of ether oxygens (including phenoxy) is 1. The lowest BCUT2D eigenvalue weighted by atomic mass is 9.77. The number of alkyl halides is 1. The zero-order chi connectivity index (χ0) is 21.5. The lowest BCUT2D eigenvalue weighted by molar-refractivity contribution is -0.210. The summed E-state index contributed by atoms with van der Waals surface area (Å²) in [6, 6.07) is 9.62. The number of pyridine rings is 1. The molecular formula is C22H23FN2O5. The van der Waals surface area contributed by atoms with Crippen LogP contribution < -0.4 is 0 Å². The quantitative estimate of drug-likeness (QED) is 0.730. The van der Waals surface area contributed by atoms with Crippen LogP contribution in [0.4, 0.5) is 4.39 Å². The Morgan fingerprint density at radius 1 is 1.33 bits per heavy atom. The van der Waals surface area contributed by atoms with Crippen molar-refractivity contribution in [2.24, 2.45) is 17.0 Å². The molecule has 2 aromatic rings. The van der Waals surface area contributed by atoms with Gasteiger partial charge in [-0.3, -0.25) is 14.6 Å². The van der Waals surface area contributed by atoms with Gasteiger partial charge in [0.1, 0.15) is 5.71 Å². The SMILES string of the molecule is CC(C)[C@@]1(C(=O)C[C@@H]2CC(=O)O[C@]2(O)CF)CC(c2nccc3ccccc23)=NO1. The summed E-state index contributed by atoms with van der Waals surface area (Å²) >= 11 is 0. The fraction of sp³-hybridized carbons (Fsp3) is 0.455. The molecule has 158 valence electrons. The van der Waals surface area contributed by atoms with E-state index in [9.17, 15) is 19.1 Å². The Kier molecular flexibility index (Phi) is 5.05. The van der Waals surface area contributed by atoms with E-state index < -0.39 is 29.9 Å². The molecule has 1 aromatic carbocycles. The highest BCUT2D eigenvalue weighted by atomic mass is 19.1. The second-order valence-corrected chi connectivity index (χ2v) is 8.21. The van der Waals surface area contributed by atoms with Gasteiger partial charge in [-0.25, -0.2) is 4.39 Å². The van der Waals surface area contributed by atoms with Crippen molar-refractivity contribution in [2.45, 2.75) is 44.5 Å². The van der Waals surface area contributed by atoms with E-state index in [0.717, 1.165) is 10.8 Å². The van der Waals surface area contributed by atoms with Gasteiger partial charge in [0.2, 0.25) is 11.4 Å². The molecule has 0 saturated carbocycles. The molecule has 2 aliphatic heterocycles. The maximum Gasteiger partial charge on any atom is 0.308 e. The first-order valence-electron chi connectivity index (χ1n) is 9.92. The van der Waals surface area contributed by atoms with Crippen LogP contribution in [0.15, 0.2) is 41.7 Å². The van der Waals surface area contributed by atoms with Crippen molar-refractivity contribution in [1.82, 2.24) is 4.98 Å². The van der Waals surface area contributed by atoms with Gasteiger partial charge < -0.3 is 14.7 Å². The Balaban J connectivity index is 1.61. The van der Waals surface area contributed by atoms with Crippen molar-refractivity contribution in [3.05, 3.63) is 42.2 Å². The molecule has 1 aromatic heterocycles. The molecule has 1 N–H and O–H groups in total. The monoisotopic (exact) mass is 414 g/mol. The van der Waals surface area contributed by atoms with Gasteiger partial charge in [-0.05, 0) is 11.5 Å². The van der Waals surface area contributed by atoms with Crippen molar-refractivity contribution >= 4 is 28.2 Å². The molecule has 1 fully saturated rings. The molecule has 30 heavy (non-hydrogen) atoms. The van der Waals surface area contributed by atoms with E-state index in [-0.39, 0.29) is 31.0 Å². The molecule has 7 nitrogen and oxygen atoms in total. The lowest BCUT2D eigenvalue weighted by Crippen LogP contribution is -2.47. The molecule has 2 aliphatic rings. The molecular weight excluding hydrogens is 391 g/mol. The number of ketones is 1. The number of fused-ring (bicyclic) bond motifs is 1. The van der Waals surface area contributed by atoms with E-state index in [1.807, 2.05) is 44.2 Å². The van der Waals surface area contributed by atoms with E-state index in [2.05, 4.69) is 10.1 Å². The van der Waals surface area contributed by atoms with Crippen LogP contribution in [0.3, 0.4) is 0 Å². The molecule has 8 heteroatoms. The van der Waals surface area contributed by atoms with Crippen LogP contribution in [0.5, 0.6) is 0 Å². The summed E-state index contributed by atoms with van der Waals surface area (Å²) in [5.41, 5.74) is -0.0898. The fourth-order valence-corrected chi connectivity index (χ4v) is 4.15. The summed E-state index contributed by atoms with van der Waals surface area (Å²) in [5.74, 6) is -4.58. The summed E-state index contributed by atoms with van der Waals surface area (Å²) in [4.78, 5) is 35.0. The van der Waals surface area contributed by atoms with Crippen molar-refractivity contribution in [3.63, 3.8) is 0 Å². The van der Waals surface area contributed by atoms with E-state index in [1.165, 1.54) is 0 Å². The number of Topliss-reactive ketones (excluding diaryl/α,β-unsaturated/α-hetero) is 1. The fourth-order valence-electron chi connectivity index (χ4n) is 4.15. The molecule has 0 aliphatic carbocycles. The number of rotatable bonds is 6. The van der Waals surface area contributed by atoms with Crippen LogP contribution in [0.1, 0.15) is 38.8 Å². The summed E-state index contributed by atoms with van der Waals surface area (Å²) < 4.78 is 18.0. The average Bonchev–Trinajstić information content (AvgIpc) is 3.30. The van der Waals surface area contributed by atoms with Gasteiger partial charge in [-0.2, -0.15) is 0 Å². The minimum Gasteiger partial charge on any atom is -0.430 e. The molecule has 0 radical (unpaired) electrons. The predicted octanol–water partition coefficient (Wildman–Crippen LogP) is 2.93. The van der Waals surface area contributed by atoms with Crippen LogP contribution in [0.2, 0.25) is 0 Å². The number of oxime groups is 1. The Bertz CT molecular complexity index is 1030. The third-order valence-electron chi connectivity index (χ3n) is 6.07. The van der Waals surface area contributed by atoms with Gasteiger partial charge in [-0.15, -0.1) is 0 Å². The van der Waals surface area contributed by atoms with Crippen LogP contribution in [0, 0.1) is 11.8 Å². The maximum atomic E-state index is 13.3. The van der Waals surface area contributed by atoms with Crippen LogP contribution in [0.25, 0.3) is 10.8 Å². The second-order valence-electron chi connectivity index (χ2n) is 8.21. The molecule has 0 amide bonds. The Morgan fingerprint density at radius 3 is 2.83 bits per heavy atom. The highest BCUT2D eigenvalue weighted by Crippen LogP contribution is 2.40. The van der Waals surface area contributed by atoms with Gasteiger partial charge in [0.05, 0.1) is 12.1 Å². The highest BCUT2D eigenvalue weighted by molar-refractivity contribution is 6.12. The number of benzene rings is 1. The van der Waals surface area contributed by atoms with Crippen LogP contribution in [-0.2, 0) is 19.2 Å². The number of aliphatic hydroxyl groups is 1. The van der Waals surface area contributed by atoms with E-state index in [0.29, 0.717) is 11.4 Å². The number of nitrogens with zero attached hydrogens (tertiary/aromatic N) is 2. The Morgan fingerprint density at radius 2 is 2.10 bits per heavy atom. The number of esters is 1. The van der Waals surface area contributed by atoms with Gasteiger partial charge >= 0.3 is 5.97 Å². The number of hydrogen-bond donors (Lipinski definition) is 1. The van der Waals surface area contributed by atoms with Crippen LogP contribution >= 0.6 is 0 Å². The molecule has 0 unspecified atom stereocenters. The van der Waals surface area contributed by atoms with Crippen LogP contribution in [-0.4, -0.2) is 45.6 Å². The van der Waals surface area contributed by atoms with E-state index in [1.54, 1.807) is 6.20 Å². The Labute approximate surface area is 172 Å². The smallest absolute Gasteiger partial charge is 0.308 e. The normalized spacial score (nSPS) is 28.5. The highest BCUT2D eigenvalue weighted by Gasteiger charge is 2.54. The van der Waals surface area contributed by atoms with Gasteiger partial charge in [0, 0.05) is 36.3 Å². The third kappa shape index (κ3) is 3.25. The van der Waals surface area contributed by atoms with E-state index in [4.69, 9.17) is 9.57 Å². The molecule has 0 bridgehead atoms. The topological polar surface area (TPSA) is 98.1 Å². The van der Waals surface area contributed by atoms with Crippen molar-refractivity contribution in [1.29, 1.82) is 0 Å².